The first-order chi connectivity index (χ1) is 7.27. The van der Waals surface area contributed by atoms with Crippen LogP contribution in [0.4, 0.5) is 0 Å². The third-order valence-electron chi connectivity index (χ3n) is 2.26. The van der Waals surface area contributed by atoms with Gasteiger partial charge in [-0.2, -0.15) is 0 Å². The molecule has 0 radical (unpaired) electrons. The molecule has 0 fully saturated rings. The normalized spacial score (nSPS) is 12.6. The number of carbonyl (C=O) groups is 1. The van der Waals surface area contributed by atoms with Gasteiger partial charge in [0.25, 0.3) is 0 Å². The van der Waals surface area contributed by atoms with Gasteiger partial charge in [0.15, 0.2) is 5.78 Å². The largest absolute Gasteiger partial charge is 0.294 e. The average molecular weight is 200 g/mol. The highest BCUT2D eigenvalue weighted by Gasteiger charge is 2.09. The molecule has 0 aliphatic rings. The van der Waals surface area contributed by atoms with Gasteiger partial charge in [0.1, 0.15) is 0 Å². The second-order valence-electron chi connectivity index (χ2n) is 3.42. The summed E-state index contributed by atoms with van der Waals surface area (Å²) in [7, 11) is 0. The molecule has 1 rings (SSSR count). The molecule has 0 N–H and O–H groups in total. The van der Waals surface area contributed by atoms with Crippen molar-refractivity contribution in [2.75, 3.05) is 0 Å². The van der Waals surface area contributed by atoms with E-state index in [4.69, 9.17) is 0 Å². The Morgan fingerprint density at radius 3 is 2.60 bits per heavy atom. The van der Waals surface area contributed by atoms with Crippen molar-refractivity contribution in [1.29, 1.82) is 0 Å². The number of hydrogen-bond acceptors (Lipinski definition) is 1. The summed E-state index contributed by atoms with van der Waals surface area (Å²) >= 11 is 0. The van der Waals surface area contributed by atoms with Gasteiger partial charge in [0.05, 0.1) is 0 Å². The third-order valence-corrected chi connectivity index (χ3v) is 2.26. The van der Waals surface area contributed by atoms with Crippen LogP contribution in [0.5, 0.6) is 0 Å². The Bertz CT molecular complexity index is 349. The molecule has 0 aromatic heterocycles. The summed E-state index contributed by atoms with van der Waals surface area (Å²) in [6.07, 6.45) is 6.25. The highest BCUT2D eigenvalue weighted by molar-refractivity contribution is 5.96. The van der Waals surface area contributed by atoms with E-state index in [1.807, 2.05) is 49.4 Å². The minimum atomic E-state index is 0.141. The van der Waals surface area contributed by atoms with E-state index >= 15 is 0 Å². The second kappa shape index (κ2) is 5.97. The van der Waals surface area contributed by atoms with Crippen LogP contribution >= 0.6 is 0 Å². The SMILES string of the molecule is C=CC(/C=C/C)CC(=O)c1ccccc1. The minimum Gasteiger partial charge on any atom is -0.294 e. The number of hydrogen-bond donors (Lipinski definition) is 0. The molecule has 0 bridgehead atoms. The Hall–Kier alpha value is -1.63. The van der Waals surface area contributed by atoms with Gasteiger partial charge in [-0.05, 0) is 6.92 Å². The fourth-order valence-electron chi connectivity index (χ4n) is 1.43. The van der Waals surface area contributed by atoms with Crippen molar-refractivity contribution in [2.24, 2.45) is 5.92 Å². The lowest BCUT2D eigenvalue weighted by Gasteiger charge is -2.05. The van der Waals surface area contributed by atoms with Crippen LogP contribution in [0.3, 0.4) is 0 Å². The van der Waals surface area contributed by atoms with Crippen molar-refractivity contribution in [3.63, 3.8) is 0 Å². The number of carbonyl (C=O) groups excluding carboxylic acids is 1. The van der Waals surface area contributed by atoms with Crippen molar-refractivity contribution in [2.45, 2.75) is 13.3 Å². The fourth-order valence-corrected chi connectivity index (χ4v) is 1.43. The number of Topliss-reactive ketones (excluding diaryl/α,β-unsaturated/α-hetero) is 1. The van der Waals surface area contributed by atoms with Crippen LogP contribution in [-0.4, -0.2) is 5.78 Å². The number of ketones is 1. The Morgan fingerprint density at radius 2 is 2.07 bits per heavy atom. The first-order valence-corrected chi connectivity index (χ1v) is 5.11. The summed E-state index contributed by atoms with van der Waals surface area (Å²) in [5.74, 6) is 0.307. The van der Waals surface area contributed by atoms with E-state index in [2.05, 4.69) is 6.58 Å². The molecule has 0 aliphatic heterocycles. The van der Waals surface area contributed by atoms with Crippen LogP contribution in [0.15, 0.2) is 55.1 Å². The Balaban J connectivity index is 2.67. The molecule has 0 spiro atoms. The molecule has 1 aromatic carbocycles. The van der Waals surface area contributed by atoms with Gasteiger partial charge in [-0.1, -0.05) is 48.6 Å². The number of rotatable bonds is 5. The van der Waals surface area contributed by atoms with Crippen molar-refractivity contribution >= 4 is 5.78 Å². The lowest BCUT2D eigenvalue weighted by atomic mass is 9.98. The molecule has 0 saturated carbocycles. The highest BCUT2D eigenvalue weighted by atomic mass is 16.1. The van der Waals surface area contributed by atoms with Crippen molar-refractivity contribution < 1.29 is 4.79 Å². The predicted molar refractivity (Wildman–Crippen MR) is 63.9 cm³/mol. The molecule has 1 unspecified atom stereocenters. The van der Waals surface area contributed by atoms with Gasteiger partial charge in [0, 0.05) is 17.9 Å². The molecule has 78 valence electrons. The molecule has 1 atom stereocenters. The lowest BCUT2D eigenvalue weighted by molar-refractivity contribution is 0.0975. The van der Waals surface area contributed by atoms with E-state index < -0.39 is 0 Å². The van der Waals surface area contributed by atoms with E-state index in [0.717, 1.165) is 5.56 Å². The number of benzene rings is 1. The van der Waals surface area contributed by atoms with E-state index in [0.29, 0.717) is 6.42 Å². The van der Waals surface area contributed by atoms with Crippen molar-refractivity contribution in [3.8, 4) is 0 Å². The molecule has 0 amide bonds. The first-order valence-electron chi connectivity index (χ1n) is 5.11. The Labute approximate surface area is 91.1 Å². The van der Waals surface area contributed by atoms with Crippen molar-refractivity contribution in [3.05, 3.63) is 60.7 Å². The van der Waals surface area contributed by atoms with Crippen LogP contribution in [0.25, 0.3) is 0 Å². The molecule has 1 heteroatoms. The summed E-state index contributed by atoms with van der Waals surface area (Å²) in [6, 6.07) is 9.36. The summed E-state index contributed by atoms with van der Waals surface area (Å²) in [5, 5.41) is 0. The number of allylic oxidation sites excluding steroid dienone is 3. The van der Waals surface area contributed by atoms with Crippen LogP contribution in [0.1, 0.15) is 23.7 Å². The van der Waals surface area contributed by atoms with Crippen LogP contribution < -0.4 is 0 Å². The zero-order chi connectivity index (χ0) is 11.1. The second-order valence-corrected chi connectivity index (χ2v) is 3.42. The Morgan fingerprint density at radius 1 is 1.40 bits per heavy atom. The maximum atomic E-state index is 11.8. The standard InChI is InChI=1S/C14H16O/c1-3-8-12(4-2)11-14(15)13-9-6-5-7-10-13/h3-10,12H,2,11H2,1H3/b8-3+. The van der Waals surface area contributed by atoms with Crippen LogP contribution in [0.2, 0.25) is 0 Å². The van der Waals surface area contributed by atoms with Gasteiger partial charge in [-0.3, -0.25) is 4.79 Å². The summed E-state index contributed by atoms with van der Waals surface area (Å²) < 4.78 is 0. The quantitative estimate of drug-likeness (QED) is 0.524. The minimum absolute atomic E-state index is 0.141. The summed E-state index contributed by atoms with van der Waals surface area (Å²) in [4.78, 5) is 11.8. The molecule has 0 heterocycles. The van der Waals surface area contributed by atoms with E-state index in [1.54, 1.807) is 6.08 Å². The van der Waals surface area contributed by atoms with Gasteiger partial charge in [-0.25, -0.2) is 0 Å². The maximum Gasteiger partial charge on any atom is 0.163 e. The monoisotopic (exact) mass is 200 g/mol. The molecule has 1 nitrogen and oxygen atoms in total. The topological polar surface area (TPSA) is 17.1 Å². The van der Waals surface area contributed by atoms with E-state index in [1.165, 1.54) is 0 Å². The predicted octanol–water partition coefficient (Wildman–Crippen LogP) is 3.64. The Kier molecular flexibility index (Phi) is 4.55. The van der Waals surface area contributed by atoms with Crippen LogP contribution in [-0.2, 0) is 0 Å². The van der Waals surface area contributed by atoms with E-state index in [-0.39, 0.29) is 11.7 Å². The third kappa shape index (κ3) is 3.55. The molecular weight excluding hydrogens is 184 g/mol. The smallest absolute Gasteiger partial charge is 0.163 e. The van der Waals surface area contributed by atoms with Gasteiger partial charge in [0.2, 0.25) is 0 Å². The van der Waals surface area contributed by atoms with Crippen LogP contribution in [0, 0.1) is 5.92 Å². The molecule has 1 aromatic rings. The lowest BCUT2D eigenvalue weighted by Crippen LogP contribution is -2.04. The maximum absolute atomic E-state index is 11.8. The summed E-state index contributed by atoms with van der Waals surface area (Å²) in [5.41, 5.74) is 0.772. The van der Waals surface area contributed by atoms with Crippen molar-refractivity contribution in [1.82, 2.24) is 0 Å². The van der Waals surface area contributed by atoms with Gasteiger partial charge in [-0.15, -0.1) is 6.58 Å². The van der Waals surface area contributed by atoms with E-state index in [9.17, 15) is 4.79 Å². The first kappa shape index (κ1) is 11.4. The zero-order valence-electron chi connectivity index (χ0n) is 9.02. The molecule has 0 saturated heterocycles. The summed E-state index contributed by atoms with van der Waals surface area (Å²) in [6.45, 7) is 5.67. The molecular formula is C14H16O. The molecule has 0 aliphatic carbocycles. The average Bonchev–Trinajstić information content (AvgIpc) is 2.29. The highest BCUT2D eigenvalue weighted by Crippen LogP contribution is 2.12. The van der Waals surface area contributed by atoms with Gasteiger partial charge >= 0.3 is 0 Å². The fraction of sp³-hybridized carbons (Fsp3) is 0.214. The van der Waals surface area contributed by atoms with Gasteiger partial charge < -0.3 is 0 Å². The molecule has 15 heavy (non-hydrogen) atoms. The zero-order valence-corrected chi connectivity index (χ0v) is 9.02.